The van der Waals surface area contributed by atoms with Gasteiger partial charge >= 0.3 is 0 Å². The maximum Gasteiger partial charge on any atom is 0.155 e. The van der Waals surface area contributed by atoms with Gasteiger partial charge in [0.2, 0.25) is 0 Å². The SMILES string of the molecule is Clc1ccc(Sc2cn(-c3ccccc3)nc2-c2ccc(-c3ncn[nH]3)cc2)cc1. The molecule has 0 saturated carbocycles. The van der Waals surface area contributed by atoms with Crippen LogP contribution >= 0.6 is 23.4 Å². The Kier molecular flexibility index (Phi) is 5.09. The van der Waals surface area contributed by atoms with E-state index in [4.69, 9.17) is 16.7 Å². The molecule has 0 spiro atoms. The van der Waals surface area contributed by atoms with Crippen LogP contribution in [-0.4, -0.2) is 25.0 Å². The third kappa shape index (κ3) is 3.87. The Morgan fingerprint density at radius 3 is 2.27 bits per heavy atom. The predicted octanol–water partition coefficient (Wildman–Crippen LogP) is 6.13. The van der Waals surface area contributed by atoms with E-state index in [0.717, 1.165) is 43.1 Å². The zero-order valence-corrected chi connectivity index (χ0v) is 17.3. The molecule has 0 atom stereocenters. The Morgan fingerprint density at radius 2 is 1.57 bits per heavy atom. The van der Waals surface area contributed by atoms with Crippen LogP contribution in [0.1, 0.15) is 0 Å². The molecule has 0 unspecified atom stereocenters. The fourth-order valence-electron chi connectivity index (χ4n) is 3.11. The first-order valence-electron chi connectivity index (χ1n) is 9.31. The highest BCUT2D eigenvalue weighted by Gasteiger charge is 2.14. The van der Waals surface area contributed by atoms with Crippen LogP contribution in [0.3, 0.4) is 0 Å². The largest absolute Gasteiger partial charge is 0.259 e. The van der Waals surface area contributed by atoms with Crippen molar-refractivity contribution in [1.29, 1.82) is 0 Å². The van der Waals surface area contributed by atoms with Crippen LogP contribution in [0.25, 0.3) is 28.3 Å². The van der Waals surface area contributed by atoms with E-state index in [-0.39, 0.29) is 0 Å². The number of para-hydroxylation sites is 1. The van der Waals surface area contributed by atoms with Gasteiger partial charge in [-0.3, -0.25) is 5.10 Å². The van der Waals surface area contributed by atoms with Crippen molar-refractivity contribution >= 4 is 23.4 Å². The smallest absolute Gasteiger partial charge is 0.155 e. The molecule has 3 aromatic carbocycles. The summed E-state index contributed by atoms with van der Waals surface area (Å²) in [7, 11) is 0. The van der Waals surface area contributed by atoms with E-state index < -0.39 is 0 Å². The Bertz CT molecular complexity index is 1250. The zero-order chi connectivity index (χ0) is 20.3. The van der Waals surface area contributed by atoms with Crippen molar-refractivity contribution in [3.05, 3.63) is 96.4 Å². The van der Waals surface area contributed by atoms with E-state index >= 15 is 0 Å². The summed E-state index contributed by atoms with van der Waals surface area (Å²) in [5.74, 6) is 0.743. The molecule has 30 heavy (non-hydrogen) atoms. The number of nitrogens with one attached hydrogen (secondary N) is 1. The number of hydrogen-bond donors (Lipinski definition) is 1. The van der Waals surface area contributed by atoms with Gasteiger partial charge in [-0.05, 0) is 36.4 Å². The second-order valence-corrected chi connectivity index (χ2v) is 8.14. The number of benzene rings is 3. The first kappa shape index (κ1) is 18.7. The molecule has 0 aliphatic rings. The summed E-state index contributed by atoms with van der Waals surface area (Å²) in [5, 5.41) is 12.4. The molecule has 0 fully saturated rings. The van der Waals surface area contributed by atoms with Gasteiger partial charge in [0.05, 0.1) is 10.6 Å². The molecule has 2 aromatic heterocycles. The number of nitrogens with zero attached hydrogens (tertiary/aromatic N) is 4. The molecule has 146 valence electrons. The maximum atomic E-state index is 6.05. The molecule has 0 aliphatic carbocycles. The summed E-state index contributed by atoms with van der Waals surface area (Å²) < 4.78 is 1.91. The molecule has 0 saturated heterocycles. The van der Waals surface area contributed by atoms with Crippen molar-refractivity contribution < 1.29 is 0 Å². The first-order valence-corrected chi connectivity index (χ1v) is 10.5. The summed E-state index contributed by atoms with van der Waals surface area (Å²) in [6.45, 7) is 0. The normalized spacial score (nSPS) is 11.0. The molecular weight excluding hydrogens is 414 g/mol. The van der Waals surface area contributed by atoms with Crippen LogP contribution in [-0.2, 0) is 0 Å². The summed E-state index contributed by atoms with van der Waals surface area (Å²) in [5.41, 5.74) is 3.94. The van der Waals surface area contributed by atoms with Crippen molar-refractivity contribution in [2.45, 2.75) is 9.79 Å². The van der Waals surface area contributed by atoms with E-state index in [1.807, 2.05) is 71.4 Å². The van der Waals surface area contributed by atoms with Crippen LogP contribution in [0.5, 0.6) is 0 Å². The van der Waals surface area contributed by atoms with Gasteiger partial charge in [0.1, 0.15) is 12.0 Å². The van der Waals surface area contributed by atoms with E-state index in [2.05, 4.69) is 33.5 Å². The van der Waals surface area contributed by atoms with E-state index in [1.54, 1.807) is 11.8 Å². The van der Waals surface area contributed by atoms with Crippen molar-refractivity contribution in [2.24, 2.45) is 0 Å². The maximum absolute atomic E-state index is 6.05. The average Bonchev–Trinajstić information content (AvgIpc) is 3.47. The van der Waals surface area contributed by atoms with Gasteiger partial charge < -0.3 is 0 Å². The second-order valence-electron chi connectivity index (χ2n) is 6.59. The van der Waals surface area contributed by atoms with Crippen LogP contribution in [0.4, 0.5) is 0 Å². The Hall–Kier alpha value is -3.35. The standard InChI is InChI=1S/C23H16ClN5S/c24-18-10-12-20(13-11-18)30-21-14-29(19-4-2-1-3-5-19)28-22(21)16-6-8-17(9-7-16)23-25-15-26-27-23/h1-15H,(H,25,26,27). The number of halogens is 1. The highest BCUT2D eigenvalue weighted by Crippen LogP contribution is 2.36. The average molecular weight is 430 g/mol. The minimum Gasteiger partial charge on any atom is -0.259 e. The van der Waals surface area contributed by atoms with Crippen molar-refractivity contribution in [1.82, 2.24) is 25.0 Å². The zero-order valence-electron chi connectivity index (χ0n) is 15.7. The van der Waals surface area contributed by atoms with E-state index in [1.165, 1.54) is 6.33 Å². The number of aromatic amines is 1. The molecule has 2 heterocycles. The Labute approximate surface area is 182 Å². The summed E-state index contributed by atoms with van der Waals surface area (Å²) in [6.07, 6.45) is 3.57. The van der Waals surface area contributed by atoms with Gasteiger partial charge in [-0.2, -0.15) is 10.2 Å². The van der Waals surface area contributed by atoms with Gasteiger partial charge in [0.15, 0.2) is 5.82 Å². The predicted molar refractivity (Wildman–Crippen MR) is 120 cm³/mol. The summed E-state index contributed by atoms with van der Waals surface area (Å²) in [6, 6.07) is 26.1. The van der Waals surface area contributed by atoms with E-state index in [9.17, 15) is 0 Å². The Balaban J connectivity index is 1.55. The number of hydrogen-bond acceptors (Lipinski definition) is 4. The third-order valence-electron chi connectivity index (χ3n) is 4.59. The summed E-state index contributed by atoms with van der Waals surface area (Å²) in [4.78, 5) is 6.38. The third-order valence-corrected chi connectivity index (χ3v) is 5.87. The lowest BCUT2D eigenvalue weighted by molar-refractivity contribution is 0.883. The lowest BCUT2D eigenvalue weighted by atomic mass is 10.1. The van der Waals surface area contributed by atoms with Crippen LogP contribution < -0.4 is 0 Å². The highest BCUT2D eigenvalue weighted by molar-refractivity contribution is 7.99. The first-order chi connectivity index (χ1) is 14.8. The minimum atomic E-state index is 0.725. The summed E-state index contributed by atoms with van der Waals surface area (Å²) >= 11 is 7.71. The highest BCUT2D eigenvalue weighted by atomic mass is 35.5. The van der Waals surface area contributed by atoms with Gasteiger partial charge in [-0.1, -0.05) is 65.8 Å². The number of aromatic nitrogens is 5. The molecule has 5 nitrogen and oxygen atoms in total. The lowest BCUT2D eigenvalue weighted by Crippen LogP contribution is -1.94. The van der Waals surface area contributed by atoms with Crippen molar-refractivity contribution in [3.8, 4) is 28.3 Å². The Morgan fingerprint density at radius 1 is 0.833 bits per heavy atom. The molecule has 5 aromatic rings. The number of H-pyrrole nitrogens is 1. The molecule has 0 amide bonds. The molecule has 5 rings (SSSR count). The van der Waals surface area contributed by atoms with Crippen LogP contribution in [0.15, 0.2) is 101 Å². The van der Waals surface area contributed by atoms with Gasteiger partial charge in [-0.25, -0.2) is 9.67 Å². The van der Waals surface area contributed by atoms with Crippen LogP contribution in [0.2, 0.25) is 5.02 Å². The topological polar surface area (TPSA) is 59.4 Å². The molecular formula is C23H16ClN5S. The van der Waals surface area contributed by atoms with Crippen molar-refractivity contribution in [3.63, 3.8) is 0 Å². The monoisotopic (exact) mass is 429 g/mol. The second kappa shape index (κ2) is 8.18. The van der Waals surface area contributed by atoms with E-state index in [0.29, 0.717) is 0 Å². The fraction of sp³-hybridized carbons (Fsp3) is 0. The minimum absolute atomic E-state index is 0.725. The molecule has 1 N–H and O–H groups in total. The van der Waals surface area contributed by atoms with Gasteiger partial charge in [0.25, 0.3) is 0 Å². The molecule has 0 aliphatic heterocycles. The quantitative estimate of drug-likeness (QED) is 0.365. The van der Waals surface area contributed by atoms with Crippen LogP contribution in [0, 0.1) is 0 Å². The van der Waals surface area contributed by atoms with Gasteiger partial charge in [0, 0.05) is 27.2 Å². The van der Waals surface area contributed by atoms with Gasteiger partial charge in [-0.15, -0.1) is 0 Å². The molecule has 0 radical (unpaired) electrons. The molecule has 7 heteroatoms. The number of rotatable bonds is 5. The fourth-order valence-corrected chi connectivity index (χ4v) is 4.17. The van der Waals surface area contributed by atoms with Crippen molar-refractivity contribution in [2.75, 3.05) is 0 Å². The lowest BCUT2D eigenvalue weighted by Gasteiger charge is -2.04. The molecule has 0 bridgehead atoms.